The van der Waals surface area contributed by atoms with Crippen LogP contribution in [0.4, 0.5) is 0 Å². The smallest absolute Gasteiger partial charge is 0.0552 e. The Morgan fingerprint density at radius 2 is 1.62 bits per heavy atom. The van der Waals surface area contributed by atoms with Gasteiger partial charge in [0.15, 0.2) is 0 Å². The average molecular weight is 212 g/mol. The van der Waals surface area contributed by atoms with E-state index in [4.69, 9.17) is 0 Å². The van der Waals surface area contributed by atoms with E-state index in [0.29, 0.717) is 6.42 Å². The molecule has 0 spiro atoms. The first-order valence-electron chi connectivity index (χ1n) is 5.58. The molecule has 1 unspecified atom stereocenters. The maximum Gasteiger partial charge on any atom is 0.0552 e. The molecule has 0 aliphatic carbocycles. The number of aliphatic hydroxyl groups excluding tert-OH is 1. The number of benzene rings is 2. The van der Waals surface area contributed by atoms with Gasteiger partial charge in [0.1, 0.15) is 0 Å². The van der Waals surface area contributed by atoms with E-state index in [1.54, 1.807) is 0 Å². The van der Waals surface area contributed by atoms with Gasteiger partial charge in [-0.15, -0.1) is 0 Å². The van der Waals surface area contributed by atoms with E-state index in [1.807, 2.05) is 31.2 Å². The van der Waals surface area contributed by atoms with Crippen LogP contribution in [0.1, 0.15) is 12.5 Å². The zero-order valence-corrected chi connectivity index (χ0v) is 9.43. The van der Waals surface area contributed by atoms with Gasteiger partial charge in [0.05, 0.1) is 6.10 Å². The van der Waals surface area contributed by atoms with Crippen molar-refractivity contribution >= 4 is 0 Å². The van der Waals surface area contributed by atoms with Crippen molar-refractivity contribution in [1.82, 2.24) is 0 Å². The lowest BCUT2D eigenvalue weighted by molar-refractivity contribution is 0.195. The van der Waals surface area contributed by atoms with Crippen molar-refractivity contribution in [3.63, 3.8) is 0 Å². The van der Waals surface area contributed by atoms with Crippen LogP contribution in [0.5, 0.6) is 0 Å². The molecule has 1 N–H and O–H groups in total. The third-order valence-corrected chi connectivity index (χ3v) is 2.57. The summed E-state index contributed by atoms with van der Waals surface area (Å²) in [6, 6.07) is 18.6. The van der Waals surface area contributed by atoms with E-state index in [9.17, 15) is 5.11 Å². The van der Waals surface area contributed by atoms with Crippen molar-refractivity contribution in [2.75, 3.05) is 0 Å². The Labute approximate surface area is 96.4 Å². The van der Waals surface area contributed by atoms with Crippen LogP contribution < -0.4 is 0 Å². The lowest BCUT2D eigenvalue weighted by Gasteiger charge is -2.07. The Balaban J connectivity index is 2.29. The Morgan fingerprint density at radius 3 is 2.31 bits per heavy atom. The van der Waals surface area contributed by atoms with Crippen molar-refractivity contribution in [2.45, 2.75) is 19.4 Å². The van der Waals surface area contributed by atoms with Crippen LogP contribution in [0.25, 0.3) is 11.1 Å². The lowest BCUT2D eigenvalue weighted by Crippen LogP contribution is -2.03. The Morgan fingerprint density at radius 1 is 0.938 bits per heavy atom. The van der Waals surface area contributed by atoms with Gasteiger partial charge >= 0.3 is 0 Å². The fourth-order valence-electron chi connectivity index (χ4n) is 1.85. The maximum atomic E-state index is 9.37. The van der Waals surface area contributed by atoms with Crippen LogP contribution in [0.15, 0.2) is 54.6 Å². The molecule has 0 bridgehead atoms. The second-order valence-electron chi connectivity index (χ2n) is 4.12. The van der Waals surface area contributed by atoms with Crippen molar-refractivity contribution in [1.29, 1.82) is 0 Å². The van der Waals surface area contributed by atoms with E-state index in [-0.39, 0.29) is 6.10 Å². The number of rotatable bonds is 3. The minimum Gasteiger partial charge on any atom is -0.393 e. The van der Waals surface area contributed by atoms with Gasteiger partial charge in [0.2, 0.25) is 0 Å². The first kappa shape index (κ1) is 10.9. The molecule has 0 aliphatic heterocycles. The van der Waals surface area contributed by atoms with Crippen molar-refractivity contribution in [3.8, 4) is 11.1 Å². The fourth-order valence-corrected chi connectivity index (χ4v) is 1.85. The molecule has 0 saturated carbocycles. The molecule has 0 aromatic heterocycles. The van der Waals surface area contributed by atoms with Crippen LogP contribution in [0.3, 0.4) is 0 Å². The number of hydrogen-bond donors (Lipinski definition) is 1. The lowest BCUT2D eigenvalue weighted by atomic mass is 10.0. The second kappa shape index (κ2) is 4.95. The van der Waals surface area contributed by atoms with Crippen LogP contribution >= 0.6 is 0 Å². The minimum absolute atomic E-state index is 0.286. The zero-order valence-electron chi connectivity index (χ0n) is 9.43. The summed E-state index contributed by atoms with van der Waals surface area (Å²) < 4.78 is 0. The summed E-state index contributed by atoms with van der Waals surface area (Å²) in [7, 11) is 0. The summed E-state index contributed by atoms with van der Waals surface area (Å²) in [5, 5.41) is 9.37. The van der Waals surface area contributed by atoms with E-state index < -0.39 is 0 Å². The number of aliphatic hydroxyl groups is 1. The van der Waals surface area contributed by atoms with Crippen LogP contribution in [0, 0.1) is 0 Å². The summed E-state index contributed by atoms with van der Waals surface area (Å²) in [5.74, 6) is 0. The highest BCUT2D eigenvalue weighted by Gasteiger charge is 2.01. The Bertz CT molecular complexity index is 446. The fraction of sp³-hybridized carbons (Fsp3) is 0.200. The van der Waals surface area contributed by atoms with Crippen molar-refractivity contribution in [3.05, 3.63) is 60.2 Å². The highest BCUT2D eigenvalue weighted by molar-refractivity contribution is 5.63. The van der Waals surface area contributed by atoms with Gasteiger partial charge in [-0.3, -0.25) is 0 Å². The van der Waals surface area contributed by atoms with Crippen molar-refractivity contribution < 1.29 is 5.11 Å². The SMILES string of the molecule is CC(O)Cc1cccc(-c2ccccc2)c1. The molecule has 0 saturated heterocycles. The molecule has 2 aromatic carbocycles. The largest absolute Gasteiger partial charge is 0.393 e. The summed E-state index contributed by atoms with van der Waals surface area (Å²) in [4.78, 5) is 0. The van der Waals surface area contributed by atoms with Gasteiger partial charge in [-0.2, -0.15) is 0 Å². The van der Waals surface area contributed by atoms with Gasteiger partial charge in [0, 0.05) is 0 Å². The molecule has 16 heavy (non-hydrogen) atoms. The Hall–Kier alpha value is -1.60. The van der Waals surface area contributed by atoms with Crippen molar-refractivity contribution in [2.24, 2.45) is 0 Å². The van der Waals surface area contributed by atoms with Gasteiger partial charge < -0.3 is 5.11 Å². The molecule has 2 rings (SSSR count). The highest BCUT2D eigenvalue weighted by atomic mass is 16.3. The van der Waals surface area contributed by atoms with Crippen LogP contribution in [-0.4, -0.2) is 11.2 Å². The number of hydrogen-bond acceptors (Lipinski definition) is 1. The van der Waals surface area contributed by atoms with Crippen LogP contribution in [-0.2, 0) is 6.42 Å². The van der Waals surface area contributed by atoms with Gasteiger partial charge in [-0.25, -0.2) is 0 Å². The van der Waals surface area contributed by atoms with E-state index >= 15 is 0 Å². The highest BCUT2D eigenvalue weighted by Crippen LogP contribution is 2.20. The van der Waals surface area contributed by atoms with Gasteiger partial charge in [-0.05, 0) is 30.0 Å². The molecule has 0 fully saturated rings. The zero-order chi connectivity index (χ0) is 11.4. The molecule has 2 aromatic rings. The summed E-state index contributed by atoms with van der Waals surface area (Å²) >= 11 is 0. The maximum absolute atomic E-state index is 9.37. The first-order chi connectivity index (χ1) is 7.75. The molecular formula is C15H16O. The summed E-state index contributed by atoms with van der Waals surface area (Å²) in [5.41, 5.74) is 3.60. The molecule has 0 radical (unpaired) electrons. The molecular weight excluding hydrogens is 196 g/mol. The van der Waals surface area contributed by atoms with Crippen LogP contribution in [0.2, 0.25) is 0 Å². The Kier molecular flexibility index (Phi) is 3.37. The van der Waals surface area contributed by atoms with E-state index in [0.717, 1.165) is 0 Å². The molecule has 1 atom stereocenters. The van der Waals surface area contributed by atoms with E-state index in [2.05, 4.69) is 30.3 Å². The first-order valence-corrected chi connectivity index (χ1v) is 5.58. The predicted molar refractivity (Wildman–Crippen MR) is 67.3 cm³/mol. The second-order valence-corrected chi connectivity index (χ2v) is 4.12. The minimum atomic E-state index is -0.286. The van der Waals surface area contributed by atoms with Gasteiger partial charge in [0.25, 0.3) is 0 Å². The van der Waals surface area contributed by atoms with Gasteiger partial charge in [-0.1, -0.05) is 54.6 Å². The summed E-state index contributed by atoms with van der Waals surface area (Å²) in [6.07, 6.45) is 0.423. The molecule has 82 valence electrons. The average Bonchev–Trinajstić information content (AvgIpc) is 2.30. The molecule has 0 heterocycles. The monoisotopic (exact) mass is 212 g/mol. The third-order valence-electron chi connectivity index (χ3n) is 2.57. The normalized spacial score (nSPS) is 12.4. The molecule has 1 nitrogen and oxygen atoms in total. The third kappa shape index (κ3) is 2.71. The standard InChI is InChI=1S/C15H16O/c1-12(16)10-13-6-5-9-15(11-13)14-7-3-2-4-8-14/h2-9,11-12,16H,10H2,1H3. The summed E-state index contributed by atoms with van der Waals surface area (Å²) in [6.45, 7) is 1.81. The predicted octanol–water partition coefficient (Wildman–Crippen LogP) is 3.28. The molecule has 0 aliphatic rings. The van der Waals surface area contributed by atoms with E-state index in [1.165, 1.54) is 16.7 Å². The quantitative estimate of drug-likeness (QED) is 0.827. The molecule has 1 heteroatoms. The topological polar surface area (TPSA) is 20.2 Å². The molecule has 0 amide bonds.